The molecule has 0 fully saturated rings. The van der Waals surface area contributed by atoms with Crippen LogP contribution in [0.3, 0.4) is 0 Å². The molecule has 26 heavy (non-hydrogen) atoms. The zero-order valence-electron chi connectivity index (χ0n) is 15.3. The minimum absolute atomic E-state index is 0.0358. The number of carboxylic acid groups (broad SMARTS) is 1. The average molecular weight is 356 g/mol. The van der Waals surface area contributed by atoms with Crippen LogP contribution in [0.2, 0.25) is 0 Å². The smallest absolute Gasteiger partial charge is 0.330 e. The fourth-order valence-electron chi connectivity index (χ4n) is 2.78. The number of amides is 1. The number of benzene rings is 1. The first-order valence-electron chi connectivity index (χ1n) is 8.66. The molecule has 0 bridgehead atoms. The molecule has 1 heterocycles. The Balaban J connectivity index is 2.38. The van der Waals surface area contributed by atoms with Crippen LogP contribution in [-0.4, -0.2) is 21.6 Å². The normalized spacial score (nSPS) is 11.8. The Hall–Kier alpha value is -2.89. The first-order chi connectivity index (χ1) is 12.4. The van der Waals surface area contributed by atoms with Crippen LogP contribution in [0, 0.1) is 13.8 Å². The average Bonchev–Trinajstić information content (AvgIpc) is 2.63. The highest BCUT2D eigenvalue weighted by atomic mass is 16.4. The molecule has 6 heteroatoms. The van der Waals surface area contributed by atoms with E-state index in [0.717, 1.165) is 24.1 Å². The monoisotopic (exact) mass is 356 g/mol. The summed E-state index contributed by atoms with van der Waals surface area (Å²) in [6.07, 6.45) is 1.75. The second kappa shape index (κ2) is 8.47. The van der Waals surface area contributed by atoms with Gasteiger partial charge < -0.3 is 15.0 Å². The van der Waals surface area contributed by atoms with E-state index in [1.807, 2.05) is 20.8 Å². The van der Waals surface area contributed by atoms with Gasteiger partial charge in [-0.2, -0.15) is 0 Å². The number of pyridine rings is 1. The number of rotatable bonds is 7. The van der Waals surface area contributed by atoms with Crippen LogP contribution in [0.4, 0.5) is 0 Å². The van der Waals surface area contributed by atoms with Crippen molar-refractivity contribution in [3.8, 4) is 0 Å². The van der Waals surface area contributed by atoms with E-state index in [0.29, 0.717) is 12.1 Å². The number of hydrogen-bond donors (Lipinski definition) is 2. The lowest BCUT2D eigenvalue weighted by Gasteiger charge is -2.17. The summed E-state index contributed by atoms with van der Waals surface area (Å²) in [5, 5.41) is 11.9. The first-order valence-corrected chi connectivity index (χ1v) is 8.66. The molecule has 138 valence electrons. The van der Waals surface area contributed by atoms with Gasteiger partial charge in [0.05, 0.1) is 0 Å². The van der Waals surface area contributed by atoms with Crippen molar-refractivity contribution in [2.24, 2.45) is 0 Å². The summed E-state index contributed by atoms with van der Waals surface area (Å²) >= 11 is 0. The number of nitrogens with one attached hydrogen (secondary N) is 1. The maximum atomic E-state index is 12.7. The molecule has 0 radical (unpaired) electrons. The summed E-state index contributed by atoms with van der Waals surface area (Å²) in [5.74, 6) is -1.86. The van der Waals surface area contributed by atoms with Crippen LogP contribution in [-0.2, 0) is 11.3 Å². The Morgan fingerprint density at radius 3 is 2.42 bits per heavy atom. The predicted octanol–water partition coefficient (Wildman–Crippen LogP) is 2.82. The highest BCUT2D eigenvalue weighted by Crippen LogP contribution is 2.14. The summed E-state index contributed by atoms with van der Waals surface area (Å²) in [6, 6.07) is 8.72. The zero-order chi connectivity index (χ0) is 19.3. The fraction of sp³-hybridized carbons (Fsp3) is 0.350. The molecule has 0 aliphatic rings. The van der Waals surface area contributed by atoms with Crippen LogP contribution < -0.4 is 10.9 Å². The highest BCUT2D eigenvalue weighted by Gasteiger charge is 2.24. The Morgan fingerprint density at radius 1 is 1.19 bits per heavy atom. The first kappa shape index (κ1) is 19.4. The van der Waals surface area contributed by atoms with Crippen LogP contribution in [0.25, 0.3) is 0 Å². The number of carbonyl (C=O) groups excluding carboxylic acids is 1. The number of carbonyl (C=O) groups is 2. The summed E-state index contributed by atoms with van der Waals surface area (Å²) in [6.45, 7) is 6.24. The molecule has 0 aliphatic heterocycles. The van der Waals surface area contributed by atoms with Crippen molar-refractivity contribution in [2.75, 3.05) is 0 Å². The molecule has 2 N–H and O–H groups in total. The van der Waals surface area contributed by atoms with Gasteiger partial charge in [-0.3, -0.25) is 9.59 Å². The Morgan fingerprint density at radius 2 is 1.85 bits per heavy atom. The number of unbranched alkanes of at least 4 members (excludes halogenated alkanes) is 1. The van der Waals surface area contributed by atoms with Gasteiger partial charge in [-0.05, 0) is 37.5 Å². The molecule has 2 rings (SSSR count). The Bertz CT molecular complexity index is 856. The molecular formula is C20H24N2O4. The van der Waals surface area contributed by atoms with E-state index in [4.69, 9.17) is 0 Å². The molecule has 0 aliphatic carbocycles. The van der Waals surface area contributed by atoms with Crippen LogP contribution in [0.5, 0.6) is 0 Å². The minimum atomic E-state index is -1.21. The van der Waals surface area contributed by atoms with E-state index in [2.05, 4.69) is 5.32 Å². The van der Waals surface area contributed by atoms with E-state index in [-0.39, 0.29) is 5.56 Å². The number of aliphatic carboxylic acids is 1. The van der Waals surface area contributed by atoms with Crippen molar-refractivity contribution < 1.29 is 14.7 Å². The molecule has 6 nitrogen and oxygen atoms in total. The van der Waals surface area contributed by atoms with Crippen LogP contribution in [0.15, 0.2) is 41.2 Å². The molecular weight excluding hydrogens is 332 g/mol. The van der Waals surface area contributed by atoms with Gasteiger partial charge >= 0.3 is 5.97 Å². The van der Waals surface area contributed by atoms with Gasteiger partial charge in [0.15, 0.2) is 6.04 Å². The number of carboxylic acids is 1. The van der Waals surface area contributed by atoms with Gasteiger partial charge in [-0.1, -0.05) is 43.7 Å². The van der Waals surface area contributed by atoms with Gasteiger partial charge in [0.2, 0.25) is 0 Å². The third-order valence-electron chi connectivity index (χ3n) is 4.45. The summed E-state index contributed by atoms with van der Waals surface area (Å²) in [7, 11) is 0. The number of nitrogens with zero attached hydrogens (tertiary/aromatic N) is 1. The molecule has 1 aromatic carbocycles. The number of aryl methyl sites for hydroxylation is 1. The SMILES string of the molecule is CCCCn1c(C)c(C)cc(C(=O)N[C@H](C(=O)O)c2ccccc2)c1=O. The maximum Gasteiger partial charge on any atom is 0.330 e. The lowest BCUT2D eigenvalue weighted by Crippen LogP contribution is -2.38. The lowest BCUT2D eigenvalue weighted by molar-refractivity contribution is -0.139. The van der Waals surface area contributed by atoms with E-state index in [1.54, 1.807) is 34.9 Å². The van der Waals surface area contributed by atoms with Crippen LogP contribution >= 0.6 is 0 Å². The molecule has 2 aromatic rings. The Labute approximate surface area is 152 Å². The predicted molar refractivity (Wildman–Crippen MR) is 99.4 cm³/mol. The number of hydrogen-bond acceptors (Lipinski definition) is 3. The van der Waals surface area contributed by atoms with E-state index in [1.165, 1.54) is 6.07 Å². The Kier molecular flexibility index (Phi) is 6.33. The van der Waals surface area contributed by atoms with Crippen molar-refractivity contribution in [1.82, 2.24) is 9.88 Å². The molecule has 1 amide bonds. The summed E-state index contributed by atoms with van der Waals surface area (Å²) in [5.41, 5.74) is 1.65. The van der Waals surface area contributed by atoms with Gasteiger partial charge in [0, 0.05) is 12.2 Å². The third-order valence-corrected chi connectivity index (χ3v) is 4.45. The minimum Gasteiger partial charge on any atom is -0.479 e. The summed E-state index contributed by atoms with van der Waals surface area (Å²) in [4.78, 5) is 37.0. The van der Waals surface area contributed by atoms with Crippen molar-refractivity contribution >= 4 is 11.9 Å². The van der Waals surface area contributed by atoms with Gasteiger partial charge in [0.25, 0.3) is 11.5 Å². The topological polar surface area (TPSA) is 88.4 Å². The molecule has 1 aromatic heterocycles. The second-order valence-corrected chi connectivity index (χ2v) is 6.29. The molecule has 0 saturated heterocycles. The quantitative estimate of drug-likeness (QED) is 0.798. The summed E-state index contributed by atoms with van der Waals surface area (Å²) < 4.78 is 1.59. The van der Waals surface area contributed by atoms with E-state index in [9.17, 15) is 19.5 Å². The highest BCUT2D eigenvalue weighted by molar-refractivity contribution is 5.96. The molecule has 0 saturated carbocycles. The molecule has 1 atom stereocenters. The fourth-order valence-corrected chi connectivity index (χ4v) is 2.78. The molecule has 0 unspecified atom stereocenters. The standard InChI is InChI=1S/C20H24N2O4/c1-4-5-11-22-14(3)13(2)12-16(19(22)24)18(23)21-17(20(25)26)15-9-7-6-8-10-15/h6-10,12,17H,4-5,11H2,1-3H3,(H,21,23)(H,25,26)/t17-/m0/s1. The van der Waals surface area contributed by atoms with Crippen molar-refractivity contribution in [3.63, 3.8) is 0 Å². The van der Waals surface area contributed by atoms with E-state index < -0.39 is 23.5 Å². The zero-order valence-corrected chi connectivity index (χ0v) is 15.3. The van der Waals surface area contributed by atoms with Gasteiger partial charge in [-0.25, -0.2) is 4.79 Å². The van der Waals surface area contributed by atoms with Crippen molar-refractivity contribution in [2.45, 2.75) is 46.2 Å². The lowest BCUT2D eigenvalue weighted by atomic mass is 10.1. The van der Waals surface area contributed by atoms with E-state index >= 15 is 0 Å². The third kappa shape index (κ3) is 4.20. The largest absolute Gasteiger partial charge is 0.479 e. The maximum absolute atomic E-state index is 12.7. The van der Waals surface area contributed by atoms with Crippen molar-refractivity contribution in [1.29, 1.82) is 0 Å². The number of aromatic nitrogens is 1. The molecule has 0 spiro atoms. The van der Waals surface area contributed by atoms with Crippen molar-refractivity contribution in [3.05, 3.63) is 69.1 Å². The van der Waals surface area contributed by atoms with Gasteiger partial charge in [0.1, 0.15) is 5.56 Å². The van der Waals surface area contributed by atoms with Gasteiger partial charge in [-0.15, -0.1) is 0 Å². The second-order valence-electron chi connectivity index (χ2n) is 6.29. The van der Waals surface area contributed by atoms with Crippen LogP contribution in [0.1, 0.15) is 53.0 Å².